The van der Waals surface area contributed by atoms with Crippen molar-refractivity contribution in [3.05, 3.63) is 95.6 Å². The minimum atomic E-state index is -0.682. The van der Waals surface area contributed by atoms with Crippen LogP contribution in [-0.2, 0) is 13.0 Å². The minimum Gasteiger partial charge on any atom is -0.454 e. The SMILES string of the molecule is O=C(N[C@@H](Cc1ccccc1)[C@H](O)CN1CCN(Cc2ccc3c(c2)OCO3)CC1)c1ccccc1. The lowest BCUT2D eigenvalue weighted by Crippen LogP contribution is -2.53. The van der Waals surface area contributed by atoms with E-state index in [1.54, 1.807) is 12.1 Å². The normalized spacial score (nSPS) is 17.5. The predicted molar refractivity (Wildman–Crippen MR) is 138 cm³/mol. The second kappa shape index (κ2) is 11.6. The van der Waals surface area contributed by atoms with E-state index in [2.05, 4.69) is 27.2 Å². The molecule has 36 heavy (non-hydrogen) atoms. The maximum atomic E-state index is 12.9. The maximum absolute atomic E-state index is 12.9. The Bertz CT molecular complexity index is 1130. The van der Waals surface area contributed by atoms with Gasteiger partial charge >= 0.3 is 0 Å². The van der Waals surface area contributed by atoms with Crippen molar-refractivity contribution >= 4 is 5.91 Å². The first-order valence-electron chi connectivity index (χ1n) is 12.6. The minimum absolute atomic E-state index is 0.163. The number of fused-ring (bicyclic) bond motifs is 1. The smallest absolute Gasteiger partial charge is 0.251 e. The van der Waals surface area contributed by atoms with Crippen molar-refractivity contribution in [2.45, 2.75) is 25.1 Å². The summed E-state index contributed by atoms with van der Waals surface area (Å²) < 4.78 is 10.9. The quantitative estimate of drug-likeness (QED) is 0.484. The molecule has 0 aromatic heterocycles. The van der Waals surface area contributed by atoms with E-state index in [9.17, 15) is 9.90 Å². The van der Waals surface area contributed by atoms with Gasteiger partial charge in [0.15, 0.2) is 11.5 Å². The number of nitrogens with zero attached hydrogens (tertiary/aromatic N) is 2. The van der Waals surface area contributed by atoms with Crippen LogP contribution >= 0.6 is 0 Å². The predicted octanol–water partition coefficient (Wildman–Crippen LogP) is 2.94. The van der Waals surface area contributed by atoms with Crippen LogP contribution in [0.1, 0.15) is 21.5 Å². The Kier molecular flexibility index (Phi) is 7.81. The van der Waals surface area contributed by atoms with Gasteiger partial charge in [-0.1, -0.05) is 54.6 Å². The molecule has 3 aromatic rings. The van der Waals surface area contributed by atoms with Gasteiger partial charge in [-0.3, -0.25) is 14.6 Å². The fraction of sp³-hybridized carbons (Fsp3) is 0.345. The Balaban J connectivity index is 1.16. The Morgan fingerprint density at radius 1 is 0.833 bits per heavy atom. The molecule has 5 rings (SSSR count). The zero-order valence-corrected chi connectivity index (χ0v) is 20.4. The van der Waals surface area contributed by atoms with Crippen LogP contribution in [0, 0.1) is 0 Å². The van der Waals surface area contributed by atoms with Gasteiger partial charge in [0.25, 0.3) is 5.91 Å². The number of aliphatic hydroxyl groups is 1. The fourth-order valence-electron chi connectivity index (χ4n) is 4.81. The summed E-state index contributed by atoms with van der Waals surface area (Å²) in [5.41, 5.74) is 2.89. The van der Waals surface area contributed by atoms with Crippen LogP contribution in [0.4, 0.5) is 0 Å². The zero-order chi connectivity index (χ0) is 24.7. The summed E-state index contributed by atoms with van der Waals surface area (Å²) in [5.74, 6) is 1.46. The maximum Gasteiger partial charge on any atom is 0.251 e. The summed E-state index contributed by atoms with van der Waals surface area (Å²) in [6.07, 6.45) is -0.108. The number of rotatable bonds is 9. The highest BCUT2D eigenvalue weighted by atomic mass is 16.7. The van der Waals surface area contributed by atoms with E-state index in [1.165, 1.54) is 5.56 Å². The molecule has 0 saturated carbocycles. The lowest BCUT2D eigenvalue weighted by atomic mass is 10.00. The van der Waals surface area contributed by atoms with E-state index in [0.717, 1.165) is 49.8 Å². The Morgan fingerprint density at radius 2 is 1.50 bits per heavy atom. The summed E-state index contributed by atoms with van der Waals surface area (Å²) in [5, 5.41) is 14.3. The lowest BCUT2D eigenvalue weighted by molar-refractivity contribution is 0.0477. The lowest BCUT2D eigenvalue weighted by Gasteiger charge is -2.37. The molecule has 7 heteroatoms. The van der Waals surface area contributed by atoms with E-state index >= 15 is 0 Å². The number of amides is 1. The molecule has 0 unspecified atom stereocenters. The zero-order valence-electron chi connectivity index (χ0n) is 20.4. The van der Waals surface area contributed by atoms with Crippen molar-refractivity contribution in [2.24, 2.45) is 0 Å². The first-order chi connectivity index (χ1) is 17.6. The number of piperazine rings is 1. The van der Waals surface area contributed by atoms with Crippen LogP contribution < -0.4 is 14.8 Å². The molecule has 1 amide bonds. The highest BCUT2D eigenvalue weighted by Crippen LogP contribution is 2.32. The molecule has 2 heterocycles. The molecule has 1 fully saturated rings. The molecule has 2 atom stereocenters. The van der Waals surface area contributed by atoms with Gasteiger partial charge < -0.3 is 19.9 Å². The van der Waals surface area contributed by atoms with Crippen LogP contribution in [0.15, 0.2) is 78.9 Å². The van der Waals surface area contributed by atoms with Gasteiger partial charge in [-0.25, -0.2) is 0 Å². The number of benzene rings is 3. The van der Waals surface area contributed by atoms with Crippen molar-refractivity contribution < 1.29 is 19.4 Å². The van der Waals surface area contributed by atoms with Crippen molar-refractivity contribution in [1.82, 2.24) is 15.1 Å². The summed E-state index contributed by atoms with van der Waals surface area (Å²) in [6.45, 7) is 5.23. The highest BCUT2D eigenvalue weighted by Gasteiger charge is 2.26. The second-order valence-electron chi connectivity index (χ2n) is 9.47. The first kappa shape index (κ1) is 24.3. The highest BCUT2D eigenvalue weighted by molar-refractivity contribution is 5.94. The average molecular weight is 488 g/mol. The van der Waals surface area contributed by atoms with Gasteiger partial charge in [0, 0.05) is 44.8 Å². The van der Waals surface area contributed by atoms with E-state index in [-0.39, 0.29) is 18.7 Å². The standard InChI is InChI=1S/C29H33N3O4/c33-26(25(17-22-7-3-1-4-8-22)30-29(34)24-9-5-2-6-10-24)20-32-15-13-31(14-16-32)19-23-11-12-27-28(18-23)36-21-35-27/h1-12,18,25-26,33H,13-17,19-21H2,(H,30,34)/t25-,26+/m0/s1. The molecular formula is C29H33N3O4. The van der Waals surface area contributed by atoms with E-state index < -0.39 is 6.10 Å². The van der Waals surface area contributed by atoms with Gasteiger partial charge in [0.2, 0.25) is 6.79 Å². The Morgan fingerprint density at radius 3 is 2.25 bits per heavy atom. The van der Waals surface area contributed by atoms with Crippen LogP contribution in [0.3, 0.4) is 0 Å². The summed E-state index contributed by atoms with van der Waals surface area (Å²) in [4.78, 5) is 17.6. The van der Waals surface area contributed by atoms with Gasteiger partial charge in [0.1, 0.15) is 0 Å². The number of nitrogens with one attached hydrogen (secondary N) is 1. The third-order valence-corrected chi connectivity index (χ3v) is 6.87. The third kappa shape index (κ3) is 6.23. The molecule has 0 radical (unpaired) electrons. The largest absolute Gasteiger partial charge is 0.454 e. The molecule has 2 aliphatic rings. The monoisotopic (exact) mass is 487 g/mol. The molecule has 3 aromatic carbocycles. The van der Waals surface area contributed by atoms with E-state index in [0.29, 0.717) is 18.5 Å². The Labute approximate surface area is 212 Å². The molecule has 2 N–H and O–H groups in total. The molecular weight excluding hydrogens is 454 g/mol. The number of ether oxygens (including phenoxy) is 2. The third-order valence-electron chi connectivity index (χ3n) is 6.87. The molecule has 0 bridgehead atoms. The van der Waals surface area contributed by atoms with Crippen LogP contribution in [0.2, 0.25) is 0 Å². The van der Waals surface area contributed by atoms with Gasteiger partial charge in [-0.2, -0.15) is 0 Å². The topological polar surface area (TPSA) is 74.3 Å². The van der Waals surface area contributed by atoms with Gasteiger partial charge in [-0.15, -0.1) is 0 Å². The summed E-state index contributed by atoms with van der Waals surface area (Å²) in [7, 11) is 0. The van der Waals surface area contributed by atoms with Crippen LogP contribution in [0.5, 0.6) is 11.5 Å². The van der Waals surface area contributed by atoms with E-state index in [4.69, 9.17) is 9.47 Å². The number of aliphatic hydroxyl groups excluding tert-OH is 1. The number of carbonyl (C=O) groups is 1. The van der Waals surface area contributed by atoms with E-state index in [1.807, 2.05) is 54.6 Å². The van der Waals surface area contributed by atoms with Crippen molar-refractivity contribution in [1.29, 1.82) is 0 Å². The molecule has 0 spiro atoms. The van der Waals surface area contributed by atoms with Gasteiger partial charge in [-0.05, 0) is 41.8 Å². The summed E-state index contributed by atoms with van der Waals surface area (Å²) >= 11 is 0. The molecule has 0 aliphatic carbocycles. The van der Waals surface area contributed by atoms with Crippen molar-refractivity contribution in [2.75, 3.05) is 39.5 Å². The van der Waals surface area contributed by atoms with Gasteiger partial charge in [0.05, 0.1) is 12.1 Å². The fourth-order valence-corrected chi connectivity index (χ4v) is 4.81. The average Bonchev–Trinajstić information content (AvgIpc) is 3.38. The van der Waals surface area contributed by atoms with Crippen molar-refractivity contribution in [3.8, 4) is 11.5 Å². The molecule has 7 nitrogen and oxygen atoms in total. The second-order valence-corrected chi connectivity index (χ2v) is 9.47. The van der Waals surface area contributed by atoms with Crippen LogP contribution in [-0.4, -0.2) is 72.5 Å². The first-order valence-corrected chi connectivity index (χ1v) is 12.6. The number of β-amino-alcohol motifs (C(OH)–C–C–N with tert-alkyl or cyclic N) is 1. The number of hydrogen-bond acceptors (Lipinski definition) is 6. The molecule has 2 aliphatic heterocycles. The Hall–Kier alpha value is -3.39. The summed E-state index contributed by atoms with van der Waals surface area (Å²) in [6, 6.07) is 24.9. The number of carbonyl (C=O) groups excluding carboxylic acids is 1. The molecule has 1 saturated heterocycles. The number of hydrogen-bond donors (Lipinski definition) is 2. The van der Waals surface area contributed by atoms with Crippen LogP contribution in [0.25, 0.3) is 0 Å². The van der Waals surface area contributed by atoms with Crippen molar-refractivity contribution in [3.63, 3.8) is 0 Å². The molecule has 188 valence electrons.